The van der Waals surface area contributed by atoms with Crippen molar-refractivity contribution in [3.05, 3.63) is 47.6 Å². The van der Waals surface area contributed by atoms with Gasteiger partial charge in [-0.3, -0.25) is 14.0 Å². The summed E-state index contributed by atoms with van der Waals surface area (Å²) >= 11 is 0. The summed E-state index contributed by atoms with van der Waals surface area (Å²) in [4.78, 5) is 29.3. The van der Waals surface area contributed by atoms with Gasteiger partial charge in [-0.1, -0.05) is 17.7 Å². The second kappa shape index (κ2) is 8.17. The van der Waals surface area contributed by atoms with Crippen LogP contribution in [0.5, 0.6) is 0 Å². The molecule has 1 aliphatic rings. The minimum atomic E-state index is -0.268. The molecule has 0 fully saturated rings. The van der Waals surface area contributed by atoms with Crippen molar-refractivity contribution in [3.8, 4) is 0 Å². The topological polar surface area (TPSA) is 75.5 Å². The van der Waals surface area contributed by atoms with E-state index in [0.717, 1.165) is 19.3 Å². The summed E-state index contributed by atoms with van der Waals surface area (Å²) in [6.45, 7) is 4.37. The number of nitrogens with one attached hydrogen (secondary N) is 2. The van der Waals surface area contributed by atoms with E-state index in [1.54, 1.807) is 16.7 Å². The molecular weight excluding hydrogens is 328 g/mol. The first-order valence-corrected chi connectivity index (χ1v) is 9.30. The van der Waals surface area contributed by atoms with Crippen molar-refractivity contribution < 1.29 is 9.59 Å². The molecule has 0 aromatic carbocycles. The van der Waals surface area contributed by atoms with E-state index in [2.05, 4.69) is 21.7 Å². The fourth-order valence-electron chi connectivity index (χ4n) is 3.24. The predicted molar refractivity (Wildman–Crippen MR) is 101 cm³/mol. The molecule has 0 radical (unpaired) electrons. The predicted octanol–water partition coefficient (Wildman–Crippen LogP) is 3.09. The van der Waals surface area contributed by atoms with Gasteiger partial charge in [0.05, 0.1) is 5.52 Å². The molecule has 6 heteroatoms. The smallest absolute Gasteiger partial charge is 0.287 e. The van der Waals surface area contributed by atoms with Gasteiger partial charge in [0.15, 0.2) is 5.69 Å². The molecule has 2 amide bonds. The minimum Gasteiger partial charge on any atom is -0.349 e. The van der Waals surface area contributed by atoms with Gasteiger partial charge in [-0.25, -0.2) is 4.98 Å². The van der Waals surface area contributed by atoms with Gasteiger partial charge in [0.1, 0.15) is 0 Å². The van der Waals surface area contributed by atoms with E-state index < -0.39 is 0 Å². The lowest BCUT2D eigenvalue weighted by molar-refractivity contribution is 0.0940. The second-order valence-electron chi connectivity index (χ2n) is 6.98. The summed E-state index contributed by atoms with van der Waals surface area (Å²) in [7, 11) is 0. The highest BCUT2D eigenvalue weighted by Crippen LogP contribution is 2.19. The van der Waals surface area contributed by atoms with E-state index in [1.165, 1.54) is 18.4 Å². The van der Waals surface area contributed by atoms with Crippen LogP contribution in [0.4, 0.5) is 0 Å². The van der Waals surface area contributed by atoms with E-state index >= 15 is 0 Å². The molecule has 3 rings (SSSR count). The zero-order chi connectivity index (χ0) is 18.5. The highest BCUT2D eigenvalue weighted by atomic mass is 16.2. The first-order valence-electron chi connectivity index (χ1n) is 9.30. The van der Waals surface area contributed by atoms with Crippen LogP contribution in [-0.2, 0) is 0 Å². The Kier molecular flexibility index (Phi) is 5.71. The lowest BCUT2D eigenvalue weighted by atomic mass is 9.97. The summed E-state index contributed by atoms with van der Waals surface area (Å²) in [5.41, 5.74) is 2.33. The zero-order valence-electron chi connectivity index (χ0n) is 15.4. The van der Waals surface area contributed by atoms with Crippen LogP contribution < -0.4 is 10.6 Å². The molecule has 2 aromatic rings. The van der Waals surface area contributed by atoms with Crippen molar-refractivity contribution in [2.24, 2.45) is 0 Å². The Bertz CT molecular complexity index is 835. The van der Waals surface area contributed by atoms with Crippen LogP contribution in [0.1, 0.15) is 67.1 Å². The number of carbonyl (C=O) groups is 2. The van der Waals surface area contributed by atoms with E-state index in [0.29, 0.717) is 12.1 Å². The zero-order valence-corrected chi connectivity index (χ0v) is 15.4. The van der Waals surface area contributed by atoms with Gasteiger partial charge < -0.3 is 10.6 Å². The van der Waals surface area contributed by atoms with Crippen LogP contribution >= 0.6 is 0 Å². The second-order valence-corrected chi connectivity index (χ2v) is 6.98. The number of carbonyl (C=O) groups excluding carboxylic acids is 2. The monoisotopic (exact) mass is 354 g/mol. The summed E-state index contributed by atoms with van der Waals surface area (Å²) in [6, 6.07) is 5.46. The fraction of sp³-hybridized carbons (Fsp3) is 0.450. The van der Waals surface area contributed by atoms with Crippen molar-refractivity contribution in [3.63, 3.8) is 0 Å². The molecule has 2 N–H and O–H groups in total. The quantitative estimate of drug-likeness (QED) is 0.783. The van der Waals surface area contributed by atoms with Gasteiger partial charge in [0.25, 0.3) is 11.8 Å². The van der Waals surface area contributed by atoms with Crippen molar-refractivity contribution in [1.29, 1.82) is 0 Å². The third-order valence-corrected chi connectivity index (χ3v) is 4.50. The summed E-state index contributed by atoms with van der Waals surface area (Å²) in [5.74, 6) is -0.284. The molecule has 0 saturated heterocycles. The molecule has 6 nitrogen and oxygen atoms in total. The maximum atomic E-state index is 12.6. The molecule has 2 aromatic heterocycles. The molecule has 0 saturated carbocycles. The van der Waals surface area contributed by atoms with Gasteiger partial charge in [-0.2, -0.15) is 0 Å². The van der Waals surface area contributed by atoms with Gasteiger partial charge in [0, 0.05) is 18.8 Å². The van der Waals surface area contributed by atoms with Crippen molar-refractivity contribution in [2.45, 2.75) is 52.0 Å². The number of rotatable bonds is 6. The average Bonchev–Trinajstić information content (AvgIpc) is 3.02. The van der Waals surface area contributed by atoms with Gasteiger partial charge in [-0.05, 0) is 58.1 Å². The van der Waals surface area contributed by atoms with Crippen molar-refractivity contribution in [1.82, 2.24) is 20.0 Å². The number of fused-ring (bicyclic) bond motifs is 1. The Hall–Kier alpha value is -2.63. The lowest BCUT2D eigenvalue weighted by Gasteiger charge is -2.12. The van der Waals surface area contributed by atoms with Crippen molar-refractivity contribution in [2.75, 3.05) is 6.54 Å². The van der Waals surface area contributed by atoms with Crippen LogP contribution in [0.25, 0.3) is 5.52 Å². The third kappa shape index (κ3) is 4.12. The average molecular weight is 354 g/mol. The van der Waals surface area contributed by atoms with Crippen molar-refractivity contribution >= 4 is 17.3 Å². The Balaban J connectivity index is 1.75. The number of hydrogen-bond donors (Lipinski definition) is 2. The fourth-order valence-corrected chi connectivity index (χ4v) is 3.24. The summed E-state index contributed by atoms with van der Waals surface area (Å²) < 4.78 is 1.67. The molecule has 0 atom stereocenters. The number of aromatic nitrogens is 2. The molecule has 138 valence electrons. The van der Waals surface area contributed by atoms with E-state index in [-0.39, 0.29) is 29.4 Å². The highest BCUT2D eigenvalue weighted by molar-refractivity contribution is 6.02. The Morgan fingerprint density at radius 1 is 1.23 bits per heavy atom. The molecule has 2 heterocycles. The van der Waals surface area contributed by atoms with E-state index in [4.69, 9.17) is 0 Å². The number of pyridine rings is 1. The number of imidazole rings is 1. The maximum absolute atomic E-state index is 12.6. The molecule has 0 unspecified atom stereocenters. The maximum Gasteiger partial charge on any atom is 0.287 e. The van der Waals surface area contributed by atoms with Gasteiger partial charge in [0.2, 0.25) is 5.82 Å². The van der Waals surface area contributed by atoms with E-state index in [1.807, 2.05) is 26.0 Å². The summed E-state index contributed by atoms with van der Waals surface area (Å²) in [5, 5.41) is 5.77. The molecule has 0 bridgehead atoms. The number of nitrogens with zero attached hydrogens (tertiary/aromatic N) is 2. The number of allylic oxidation sites excluding steroid dienone is 1. The third-order valence-electron chi connectivity index (χ3n) is 4.50. The number of hydrogen-bond acceptors (Lipinski definition) is 3. The van der Waals surface area contributed by atoms with E-state index in [9.17, 15) is 9.59 Å². The Morgan fingerprint density at radius 2 is 2.08 bits per heavy atom. The molecule has 0 aliphatic heterocycles. The van der Waals surface area contributed by atoms with Crippen LogP contribution in [0.3, 0.4) is 0 Å². The standard InChI is InChI=1S/C20H26N4O2/c1-14(2)22-19(25)17-16-10-6-7-13-24(16)18(23-17)20(26)21-12-11-15-8-4-3-5-9-15/h6-8,10,13-14H,3-5,9,11-12H2,1-2H3,(H,21,26)(H,22,25). The molecule has 0 spiro atoms. The molecule has 26 heavy (non-hydrogen) atoms. The van der Waals surface area contributed by atoms with Crippen LogP contribution in [0.15, 0.2) is 36.0 Å². The normalized spacial score (nSPS) is 14.3. The van der Waals surface area contributed by atoms with Gasteiger partial charge in [-0.15, -0.1) is 0 Å². The largest absolute Gasteiger partial charge is 0.349 e. The Morgan fingerprint density at radius 3 is 2.81 bits per heavy atom. The molecule has 1 aliphatic carbocycles. The van der Waals surface area contributed by atoms with Crippen LogP contribution in [0, 0.1) is 0 Å². The summed E-state index contributed by atoms with van der Waals surface area (Å²) in [6.07, 6.45) is 9.68. The lowest BCUT2D eigenvalue weighted by Crippen LogP contribution is -2.30. The highest BCUT2D eigenvalue weighted by Gasteiger charge is 2.21. The first-order chi connectivity index (χ1) is 12.6. The van der Waals surface area contributed by atoms with Crippen LogP contribution in [-0.4, -0.2) is 33.8 Å². The first kappa shape index (κ1) is 18.2. The van der Waals surface area contributed by atoms with Gasteiger partial charge >= 0.3 is 0 Å². The molecular formula is C20H26N4O2. The van der Waals surface area contributed by atoms with Crippen LogP contribution in [0.2, 0.25) is 0 Å². The Labute approximate surface area is 153 Å². The minimum absolute atomic E-state index is 0.00371. The SMILES string of the molecule is CC(C)NC(=O)c1nc(C(=O)NCCC2=CCCCC2)n2ccccc12. The number of amides is 2.